The van der Waals surface area contributed by atoms with Crippen LogP contribution in [0.2, 0.25) is 0 Å². The molecule has 4 heteroatoms. The second-order valence-electron chi connectivity index (χ2n) is 4.84. The Morgan fingerprint density at radius 2 is 1.45 bits per heavy atom. The molecular weight excluding hydrogens is 292 g/mol. The van der Waals surface area contributed by atoms with E-state index in [0.717, 1.165) is 18.4 Å². The highest BCUT2D eigenvalue weighted by atomic mass is 35.7. The molecule has 2 aromatic carbocycles. The minimum absolute atomic E-state index is 0.0224. The van der Waals surface area contributed by atoms with E-state index in [-0.39, 0.29) is 11.7 Å². The van der Waals surface area contributed by atoms with Crippen LogP contribution in [-0.4, -0.2) is 14.2 Å². The summed E-state index contributed by atoms with van der Waals surface area (Å²) >= 11 is 0. The summed E-state index contributed by atoms with van der Waals surface area (Å²) in [7, 11) is 1.93. The van der Waals surface area contributed by atoms with Crippen molar-refractivity contribution >= 4 is 19.7 Å². The van der Waals surface area contributed by atoms with Crippen molar-refractivity contribution in [3.05, 3.63) is 71.8 Å². The highest BCUT2D eigenvalue weighted by Crippen LogP contribution is 2.24. The average Bonchev–Trinajstić information content (AvgIpc) is 2.44. The van der Waals surface area contributed by atoms with Gasteiger partial charge >= 0.3 is 0 Å². The molecule has 1 atom stereocenters. The van der Waals surface area contributed by atoms with Gasteiger partial charge in [0, 0.05) is 10.7 Å². The van der Waals surface area contributed by atoms with Crippen molar-refractivity contribution in [3.8, 4) is 0 Å². The Morgan fingerprint density at radius 3 is 2.00 bits per heavy atom. The van der Waals surface area contributed by atoms with Crippen LogP contribution >= 0.6 is 10.7 Å². The number of rotatable bonds is 6. The number of hydrogen-bond donors (Lipinski definition) is 0. The van der Waals surface area contributed by atoms with Gasteiger partial charge in [0.1, 0.15) is 0 Å². The number of aryl methyl sites for hydroxylation is 1. The van der Waals surface area contributed by atoms with Gasteiger partial charge in [0.05, 0.1) is 5.75 Å². The smallest absolute Gasteiger partial charge is 0.212 e. The highest BCUT2D eigenvalue weighted by Gasteiger charge is 2.18. The lowest BCUT2D eigenvalue weighted by Gasteiger charge is -2.15. The van der Waals surface area contributed by atoms with Gasteiger partial charge in [-0.15, -0.1) is 0 Å². The molecule has 0 aliphatic rings. The maximum absolute atomic E-state index is 11.4. The minimum atomic E-state index is -3.50. The van der Waals surface area contributed by atoms with Gasteiger partial charge in [-0.05, 0) is 29.9 Å². The molecule has 0 spiro atoms. The second kappa shape index (κ2) is 6.91. The third-order valence-corrected chi connectivity index (χ3v) is 4.47. The summed E-state index contributed by atoms with van der Waals surface area (Å²) in [6.45, 7) is 0. The van der Waals surface area contributed by atoms with E-state index >= 15 is 0 Å². The van der Waals surface area contributed by atoms with Gasteiger partial charge in [0.25, 0.3) is 0 Å². The van der Waals surface area contributed by atoms with Crippen LogP contribution in [0.15, 0.2) is 60.7 Å². The van der Waals surface area contributed by atoms with Crippen molar-refractivity contribution in [2.75, 3.05) is 5.75 Å². The zero-order valence-corrected chi connectivity index (χ0v) is 12.6. The molecule has 0 aliphatic carbocycles. The minimum Gasteiger partial charge on any atom is -0.212 e. The molecule has 0 heterocycles. The van der Waals surface area contributed by atoms with Crippen LogP contribution in [0, 0.1) is 0 Å². The fraction of sp³-hybridized carbons (Fsp3) is 0.250. The van der Waals surface area contributed by atoms with E-state index in [1.165, 1.54) is 5.56 Å². The van der Waals surface area contributed by atoms with Gasteiger partial charge in [-0.25, -0.2) is 8.42 Å². The fourth-order valence-corrected chi connectivity index (χ4v) is 3.59. The lowest BCUT2D eigenvalue weighted by Crippen LogP contribution is -2.11. The Bertz CT molecular complexity index is 624. The molecule has 0 N–H and O–H groups in total. The lowest BCUT2D eigenvalue weighted by atomic mass is 9.94. The van der Waals surface area contributed by atoms with Crippen LogP contribution in [0.3, 0.4) is 0 Å². The molecule has 0 aromatic heterocycles. The monoisotopic (exact) mass is 308 g/mol. The Morgan fingerprint density at radius 1 is 0.900 bits per heavy atom. The number of halogens is 1. The molecule has 0 bridgehead atoms. The topological polar surface area (TPSA) is 34.1 Å². The van der Waals surface area contributed by atoms with E-state index in [9.17, 15) is 8.42 Å². The number of hydrogen-bond acceptors (Lipinski definition) is 2. The van der Waals surface area contributed by atoms with Crippen molar-refractivity contribution in [1.29, 1.82) is 0 Å². The first-order valence-corrected chi connectivity index (χ1v) is 9.03. The predicted molar refractivity (Wildman–Crippen MR) is 83.6 cm³/mol. The average molecular weight is 309 g/mol. The van der Waals surface area contributed by atoms with Gasteiger partial charge in [-0.1, -0.05) is 60.7 Å². The first kappa shape index (κ1) is 15.1. The molecule has 106 valence electrons. The summed E-state index contributed by atoms with van der Waals surface area (Å²) in [6.07, 6.45) is 1.60. The van der Waals surface area contributed by atoms with Crippen molar-refractivity contribution in [1.82, 2.24) is 0 Å². The number of benzene rings is 2. The molecule has 2 nitrogen and oxygen atoms in total. The third kappa shape index (κ3) is 4.99. The van der Waals surface area contributed by atoms with Crippen LogP contribution in [0.5, 0.6) is 0 Å². The molecule has 0 radical (unpaired) electrons. The van der Waals surface area contributed by atoms with Gasteiger partial charge in [-0.3, -0.25) is 0 Å². The van der Waals surface area contributed by atoms with Crippen LogP contribution in [0.1, 0.15) is 23.5 Å². The van der Waals surface area contributed by atoms with E-state index in [4.69, 9.17) is 10.7 Å². The molecule has 20 heavy (non-hydrogen) atoms. The second-order valence-corrected chi connectivity index (χ2v) is 7.66. The van der Waals surface area contributed by atoms with Crippen LogP contribution in [0.4, 0.5) is 0 Å². The Kier molecular flexibility index (Phi) is 5.21. The summed E-state index contributed by atoms with van der Waals surface area (Å²) in [5.74, 6) is -0.0929. The van der Waals surface area contributed by atoms with Crippen LogP contribution in [0.25, 0.3) is 0 Å². The molecule has 0 saturated heterocycles. The molecule has 1 unspecified atom stereocenters. The zero-order chi connectivity index (χ0) is 14.4. The molecule has 0 fully saturated rings. The quantitative estimate of drug-likeness (QED) is 0.757. The summed E-state index contributed by atoms with van der Waals surface area (Å²) in [6, 6.07) is 19.7. The van der Waals surface area contributed by atoms with Gasteiger partial charge in [0.2, 0.25) is 9.05 Å². The van der Waals surface area contributed by atoms with Crippen LogP contribution < -0.4 is 0 Å². The lowest BCUT2D eigenvalue weighted by molar-refractivity contribution is 0.593. The van der Waals surface area contributed by atoms with Gasteiger partial charge in [0.15, 0.2) is 0 Å². The van der Waals surface area contributed by atoms with Gasteiger partial charge < -0.3 is 0 Å². The molecule has 0 saturated carbocycles. The first-order valence-electron chi connectivity index (χ1n) is 6.56. The van der Waals surface area contributed by atoms with E-state index in [2.05, 4.69) is 12.1 Å². The van der Waals surface area contributed by atoms with Crippen molar-refractivity contribution in [2.24, 2.45) is 0 Å². The fourth-order valence-electron chi connectivity index (χ4n) is 2.30. The van der Waals surface area contributed by atoms with Crippen LogP contribution in [-0.2, 0) is 15.5 Å². The Balaban J connectivity index is 2.11. The third-order valence-electron chi connectivity index (χ3n) is 3.30. The van der Waals surface area contributed by atoms with Gasteiger partial charge in [-0.2, -0.15) is 0 Å². The Labute approximate surface area is 124 Å². The van der Waals surface area contributed by atoms with Crippen molar-refractivity contribution in [3.63, 3.8) is 0 Å². The van der Waals surface area contributed by atoms with E-state index in [0.29, 0.717) is 0 Å². The highest BCUT2D eigenvalue weighted by molar-refractivity contribution is 8.13. The first-order chi connectivity index (χ1) is 9.54. The molecule has 0 aliphatic heterocycles. The molecular formula is C16H17ClO2S. The summed E-state index contributed by atoms with van der Waals surface area (Å²) in [5.41, 5.74) is 2.23. The Hall–Kier alpha value is -1.32. The van der Waals surface area contributed by atoms with Crippen molar-refractivity contribution in [2.45, 2.75) is 18.8 Å². The normalized spacial score (nSPS) is 13.1. The summed E-state index contributed by atoms with van der Waals surface area (Å²) < 4.78 is 22.8. The van der Waals surface area contributed by atoms with E-state index in [1.807, 2.05) is 48.5 Å². The zero-order valence-electron chi connectivity index (χ0n) is 11.1. The predicted octanol–water partition coefficient (Wildman–Crippen LogP) is 3.97. The maximum Gasteiger partial charge on any atom is 0.233 e. The summed E-state index contributed by atoms with van der Waals surface area (Å²) in [5, 5.41) is 0. The van der Waals surface area contributed by atoms with E-state index < -0.39 is 9.05 Å². The largest absolute Gasteiger partial charge is 0.233 e. The standard InChI is InChI=1S/C16H17ClO2S/c17-20(18,19)13-16(15-9-5-2-6-10-15)12-11-14-7-3-1-4-8-14/h1-10,16H,11-13H2. The van der Waals surface area contributed by atoms with E-state index in [1.54, 1.807) is 0 Å². The maximum atomic E-state index is 11.4. The van der Waals surface area contributed by atoms with Crippen molar-refractivity contribution < 1.29 is 8.42 Å². The SMILES string of the molecule is O=S(=O)(Cl)CC(CCc1ccccc1)c1ccccc1. The molecule has 2 rings (SSSR count). The molecule has 0 amide bonds. The summed E-state index contributed by atoms with van der Waals surface area (Å²) in [4.78, 5) is 0. The molecule has 2 aromatic rings.